The number of nitrogens with zero attached hydrogens (tertiary/aromatic N) is 2. The SMILES string of the molecule is O=C(CN(Cc1ccc(Cl)cc1)S(=O)(=O)c1ccc(Cl)cc1)N/N=C\c1ccccc1C(F)(F)F. The summed E-state index contributed by atoms with van der Waals surface area (Å²) < 4.78 is 66.7. The molecule has 0 fully saturated rings. The second-order valence-electron chi connectivity index (χ2n) is 7.23. The maximum Gasteiger partial charge on any atom is 0.417 e. The number of carbonyl (C=O) groups is 1. The fourth-order valence-corrected chi connectivity index (χ4v) is 4.65. The summed E-state index contributed by atoms with van der Waals surface area (Å²) in [7, 11) is -4.14. The van der Waals surface area contributed by atoms with Crippen LogP contribution in [0.2, 0.25) is 10.0 Å². The Kier molecular flexibility index (Phi) is 8.55. The average molecular weight is 544 g/mol. The summed E-state index contributed by atoms with van der Waals surface area (Å²) in [6.07, 6.45) is -3.76. The van der Waals surface area contributed by atoms with Crippen LogP contribution in [0.25, 0.3) is 0 Å². The Labute approximate surface area is 210 Å². The zero-order valence-electron chi connectivity index (χ0n) is 17.8. The van der Waals surface area contributed by atoms with Gasteiger partial charge in [-0.1, -0.05) is 53.5 Å². The Hall–Kier alpha value is -2.92. The summed E-state index contributed by atoms with van der Waals surface area (Å²) in [5, 5.41) is 4.36. The highest BCUT2D eigenvalue weighted by Gasteiger charge is 2.32. The Morgan fingerprint density at radius 2 is 1.51 bits per heavy atom. The van der Waals surface area contributed by atoms with Crippen LogP contribution in [0.4, 0.5) is 13.2 Å². The molecule has 0 radical (unpaired) electrons. The van der Waals surface area contributed by atoms with Crippen molar-refractivity contribution in [3.8, 4) is 0 Å². The molecule has 3 aromatic rings. The molecule has 0 atom stereocenters. The van der Waals surface area contributed by atoms with Crippen molar-refractivity contribution in [3.63, 3.8) is 0 Å². The number of amides is 1. The number of nitrogens with one attached hydrogen (secondary N) is 1. The van der Waals surface area contributed by atoms with Gasteiger partial charge in [-0.05, 0) is 48.0 Å². The van der Waals surface area contributed by atoms with Gasteiger partial charge in [0.05, 0.1) is 23.2 Å². The molecular weight excluding hydrogens is 526 g/mol. The number of hydrogen-bond donors (Lipinski definition) is 1. The van der Waals surface area contributed by atoms with Crippen molar-refractivity contribution >= 4 is 45.3 Å². The quantitative estimate of drug-likeness (QED) is 0.307. The maximum atomic E-state index is 13.2. The monoisotopic (exact) mass is 543 g/mol. The molecule has 12 heteroatoms. The lowest BCUT2D eigenvalue weighted by molar-refractivity contribution is -0.137. The summed E-state index contributed by atoms with van der Waals surface area (Å²) >= 11 is 11.7. The van der Waals surface area contributed by atoms with Crippen LogP contribution in [0.3, 0.4) is 0 Å². The van der Waals surface area contributed by atoms with Crippen molar-refractivity contribution in [2.24, 2.45) is 5.10 Å². The zero-order valence-corrected chi connectivity index (χ0v) is 20.2. The van der Waals surface area contributed by atoms with Gasteiger partial charge in [0.15, 0.2) is 0 Å². The fourth-order valence-electron chi connectivity index (χ4n) is 3.01. The van der Waals surface area contributed by atoms with E-state index in [4.69, 9.17) is 23.2 Å². The van der Waals surface area contributed by atoms with E-state index in [9.17, 15) is 26.4 Å². The van der Waals surface area contributed by atoms with Crippen LogP contribution in [0.5, 0.6) is 0 Å². The van der Waals surface area contributed by atoms with Gasteiger partial charge in [-0.15, -0.1) is 0 Å². The standard InChI is InChI=1S/C23H18Cl2F3N3O3S/c24-18-7-5-16(6-8-18)14-31(35(33,34)20-11-9-19(25)10-12-20)15-22(32)30-29-13-17-3-1-2-4-21(17)23(26,27)28/h1-13H,14-15H2,(H,30,32)/b29-13-. The number of sulfonamides is 1. The van der Waals surface area contributed by atoms with E-state index in [1.165, 1.54) is 42.5 Å². The smallest absolute Gasteiger partial charge is 0.272 e. The van der Waals surface area contributed by atoms with E-state index in [0.717, 1.165) is 16.6 Å². The van der Waals surface area contributed by atoms with Crippen LogP contribution in [0.1, 0.15) is 16.7 Å². The third kappa shape index (κ3) is 7.28. The number of hydrogen-bond acceptors (Lipinski definition) is 4. The third-order valence-corrected chi connectivity index (χ3v) is 7.01. The molecule has 0 heterocycles. The van der Waals surface area contributed by atoms with Gasteiger partial charge in [0.1, 0.15) is 0 Å². The van der Waals surface area contributed by atoms with Gasteiger partial charge in [0, 0.05) is 22.2 Å². The van der Waals surface area contributed by atoms with Crippen LogP contribution >= 0.6 is 23.2 Å². The number of hydrazone groups is 1. The average Bonchev–Trinajstić information content (AvgIpc) is 2.80. The first-order chi connectivity index (χ1) is 16.5. The highest BCUT2D eigenvalue weighted by molar-refractivity contribution is 7.89. The molecule has 184 valence electrons. The topological polar surface area (TPSA) is 78.8 Å². The number of halogens is 5. The van der Waals surface area contributed by atoms with E-state index in [1.54, 1.807) is 24.3 Å². The minimum atomic E-state index is -4.60. The molecule has 0 aliphatic carbocycles. The number of benzene rings is 3. The maximum absolute atomic E-state index is 13.2. The molecular formula is C23H18Cl2F3N3O3S. The third-order valence-electron chi connectivity index (χ3n) is 4.70. The second-order valence-corrected chi connectivity index (χ2v) is 10.0. The van der Waals surface area contributed by atoms with E-state index < -0.39 is 34.2 Å². The Bertz CT molecular complexity index is 1310. The lowest BCUT2D eigenvalue weighted by atomic mass is 10.1. The number of rotatable bonds is 8. The van der Waals surface area contributed by atoms with E-state index >= 15 is 0 Å². The van der Waals surface area contributed by atoms with Crippen LogP contribution in [0.15, 0.2) is 82.8 Å². The van der Waals surface area contributed by atoms with Crippen LogP contribution in [-0.4, -0.2) is 31.4 Å². The normalized spacial score (nSPS) is 12.3. The predicted molar refractivity (Wildman–Crippen MR) is 128 cm³/mol. The van der Waals surface area contributed by atoms with Gasteiger partial charge in [-0.25, -0.2) is 13.8 Å². The van der Waals surface area contributed by atoms with Crippen molar-refractivity contribution in [3.05, 3.63) is 99.5 Å². The first-order valence-corrected chi connectivity index (χ1v) is 12.1. The summed E-state index contributed by atoms with van der Waals surface area (Å²) in [5.41, 5.74) is 1.46. The minimum Gasteiger partial charge on any atom is -0.272 e. The summed E-state index contributed by atoms with van der Waals surface area (Å²) in [6.45, 7) is -0.817. The molecule has 3 rings (SSSR count). The molecule has 0 unspecified atom stereocenters. The molecule has 3 aromatic carbocycles. The van der Waals surface area contributed by atoms with Crippen LogP contribution < -0.4 is 5.43 Å². The van der Waals surface area contributed by atoms with Gasteiger partial charge in [0.25, 0.3) is 5.91 Å². The van der Waals surface area contributed by atoms with E-state index in [2.05, 4.69) is 10.5 Å². The molecule has 0 aliphatic rings. The van der Waals surface area contributed by atoms with Crippen molar-refractivity contribution in [2.75, 3.05) is 6.54 Å². The molecule has 1 N–H and O–H groups in total. The van der Waals surface area contributed by atoms with Gasteiger partial charge in [-0.2, -0.15) is 22.6 Å². The van der Waals surface area contributed by atoms with Crippen molar-refractivity contribution in [2.45, 2.75) is 17.6 Å². The molecule has 0 bridgehead atoms. The Morgan fingerprint density at radius 3 is 2.11 bits per heavy atom. The van der Waals surface area contributed by atoms with E-state index in [-0.39, 0.29) is 17.0 Å². The fraction of sp³-hybridized carbons (Fsp3) is 0.130. The molecule has 0 aliphatic heterocycles. The largest absolute Gasteiger partial charge is 0.417 e. The van der Waals surface area contributed by atoms with Crippen molar-refractivity contribution in [1.82, 2.24) is 9.73 Å². The van der Waals surface area contributed by atoms with Crippen LogP contribution in [-0.2, 0) is 27.5 Å². The summed E-state index contributed by atoms with van der Waals surface area (Å²) in [6, 6.07) is 16.5. The lowest BCUT2D eigenvalue weighted by Gasteiger charge is -2.21. The van der Waals surface area contributed by atoms with Gasteiger partial charge in [0.2, 0.25) is 10.0 Å². The Balaban J connectivity index is 1.81. The number of alkyl halides is 3. The Morgan fingerprint density at radius 1 is 0.943 bits per heavy atom. The first kappa shape index (κ1) is 26.7. The molecule has 1 amide bonds. The van der Waals surface area contributed by atoms with Gasteiger partial charge >= 0.3 is 6.18 Å². The number of carbonyl (C=O) groups excluding carboxylic acids is 1. The van der Waals surface area contributed by atoms with Gasteiger partial charge < -0.3 is 0 Å². The van der Waals surface area contributed by atoms with Crippen molar-refractivity contribution < 1.29 is 26.4 Å². The summed E-state index contributed by atoms with van der Waals surface area (Å²) in [5.74, 6) is -0.850. The van der Waals surface area contributed by atoms with Crippen molar-refractivity contribution in [1.29, 1.82) is 0 Å². The molecule has 0 saturated carbocycles. The zero-order chi connectivity index (χ0) is 25.6. The van der Waals surface area contributed by atoms with E-state index in [0.29, 0.717) is 15.6 Å². The molecule has 0 spiro atoms. The summed E-state index contributed by atoms with van der Waals surface area (Å²) in [4.78, 5) is 12.4. The highest BCUT2D eigenvalue weighted by Crippen LogP contribution is 2.31. The van der Waals surface area contributed by atoms with E-state index in [1.807, 2.05) is 0 Å². The van der Waals surface area contributed by atoms with Gasteiger partial charge in [-0.3, -0.25) is 4.79 Å². The molecule has 0 aromatic heterocycles. The van der Waals surface area contributed by atoms with Crippen LogP contribution in [0, 0.1) is 0 Å². The minimum absolute atomic E-state index is 0.0914. The molecule has 6 nitrogen and oxygen atoms in total. The lowest BCUT2D eigenvalue weighted by Crippen LogP contribution is -2.39. The first-order valence-electron chi connectivity index (χ1n) is 9.95. The molecule has 0 saturated heterocycles. The second kappa shape index (κ2) is 11.2. The molecule has 35 heavy (non-hydrogen) atoms. The predicted octanol–water partition coefficient (Wildman–Crippen LogP) is 5.35. The highest BCUT2D eigenvalue weighted by atomic mass is 35.5.